The van der Waals surface area contributed by atoms with E-state index in [1.807, 2.05) is 18.2 Å². The maximum Gasteiger partial charge on any atom is -0.0276 e. The Kier molecular flexibility index (Phi) is 4.37. The molecule has 17 heavy (non-hydrogen) atoms. The first-order valence-electron chi connectivity index (χ1n) is 6.45. The SMILES string of the molecule is Cc1ccccc1.c1ccc2c(c1)CCCC2. The summed E-state index contributed by atoms with van der Waals surface area (Å²) in [5, 5.41) is 0. The smallest absolute Gasteiger partial charge is 0.0276 e. The fourth-order valence-corrected chi connectivity index (χ4v) is 2.21. The summed E-state index contributed by atoms with van der Waals surface area (Å²) in [4.78, 5) is 0. The summed E-state index contributed by atoms with van der Waals surface area (Å²) in [6, 6.07) is 19.1. The second-order valence-corrected chi connectivity index (χ2v) is 4.63. The molecule has 0 nitrogen and oxygen atoms in total. The largest absolute Gasteiger partial charge is 0.0622 e. The molecule has 0 saturated heterocycles. The number of fused-ring (bicyclic) bond motifs is 1. The molecule has 1 aliphatic rings. The van der Waals surface area contributed by atoms with Crippen LogP contribution in [0, 0.1) is 6.92 Å². The molecule has 0 unspecified atom stereocenters. The van der Waals surface area contributed by atoms with Gasteiger partial charge in [0.05, 0.1) is 0 Å². The van der Waals surface area contributed by atoms with Gasteiger partial charge in [-0.1, -0.05) is 60.2 Å². The molecule has 0 N–H and O–H groups in total. The van der Waals surface area contributed by atoms with E-state index in [0.717, 1.165) is 0 Å². The molecule has 0 heterocycles. The third-order valence-electron chi connectivity index (χ3n) is 3.20. The van der Waals surface area contributed by atoms with Crippen molar-refractivity contribution in [3.05, 3.63) is 71.3 Å². The van der Waals surface area contributed by atoms with E-state index >= 15 is 0 Å². The standard InChI is InChI=1S/C10H12.C7H8/c1-2-6-10-8-4-3-7-9(10)5-1;1-7-5-3-2-4-6-7/h1-2,5-6H,3-4,7-8H2;2-6H,1H3. The first-order chi connectivity index (χ1) is 8.36. The van der Waals surface area contributed by atoms with Gasteiger partial charge in [-0.05, 0) is 43.7 Å². The van der Waals surface area contributed by atoms with Gasteiger partial charge in [-0.3, -0.25) is 0 Å². The van der Waals surface area contributed by atoms with Crippen molar-refractivity contribution < 1.29 is 0 Å². The minimum absolute atomic E-state index is 1.30. The van der Waals surface area contributed by atoms with E-state index in [2.05, 4.69) is 43.3 Å². The highest BCUT2D eigenvalue weighted by atomic mass is 14.1. The van der Waals surface area contributed by atoms with E-state index < -0.39 is 0 Å². The molecule has 0 heteroatoms. The maximum atomic E-state index is 2.26. The van der Waals surface area contributed by atoms with E-state index in [4.69, 9.17) is 0 Å². The molecule has 0 aliphatic heterocycles. The quantitative estimate of drug-likeness (QED) is 0.615. The maximum absolute atomic E-state index is 2.26. The van der Waals surface area contributed by atoms with Gasteiger partial charge in [-0.2, -0.15) is 0 Å². The number of rotatable bonds is 0. The average Bonchev–Trinajstić information content (AvgIpc) is 2.41. The zero-order valence-corrected chi connectivity index (χ0v) is 10.5. The average molecular weight is 224 g/mol. The van der Waals surface area contributed by atoms with Crippen molar-refractivity contribution in [3.63, 3.8) is 0 Å². The lowest BCUT2D eigenvalue weighted by Crippen LogP contribution is -2.00. The Labute approximate surface area is 104 Å². The van der Waals surface area contributed by atoms with Crippen LogP contribution < -0.4 is 0 Å². The van der Waals surface area contributed by atoms with Crippen LogP contribution in [0.15, 0.2) is 54.6 Å². The van der Waals surface area contributed by atoms with Gasteiger partial charge >= 0.3 is 0 Å². The van der Waals surface area contributed by atoms with Crippen LogP contribution in [0.25, 0.3) is 0 Å². The minimum atomic E-state index is 1.30. The van der Waals surface area contributed by atoms with E-state index in [0.29, 0.717) is 0 Å². The van der Waals surface area contributed by atoms with Gasteiger partial charge in [0, 0.05) is 0 Å². The van der Waals surface area contributed by atoms with E-state index in [9.17, 15) is 0 Å². The molecule has 0 saturated carbocycles. The van der Waals surface area contributed by atoms with Crippen LogP contribution in [0.3, 0.4) is 0 Å². The third kappa shape index (κ3) is 3.74. The Bertz CT molecular complexity index is 418. The molecule has 0 aromatic heterocycles. The molecule has 2 aromatic carbocycles. The van der Waals surface area contributed by atoms with Crippen LogP contribution in [0.4, 0.5) is 0 Å². The van der Waals surface area contributed by atoms with Crippen molar-refractivity contribution in [2.75, 3.05) is 0 Å². The van der Waals surface area contributed by atoms with E-state index in [1.54, 1.807) is 11.1 Å². The Balaban J connectivity index is 0.000000136. The molecule has 0 atom stereocenters. The molecule has 88 valence electrons. The summed E-state index contributed by atoms with van der Waals surface area (Å²) in [6.07, 6.45) is 5.38. The first kappa shape index (κ1) is 11.9. The highest BCUT2D eigenvalue weighted by molar-refractivity contribution is 5.28. The second-order valence-electron chi connectivity index (χ2n) is 4.63. The van der Waals surface area contributed by atoms with Crippen molar-refractivity contribution in [2.24, 2.45) is 0 Å². The van der Waals surface area contributed by atoms with Gasteiger partial charge in [0.1, 0.15) is 0 Å². The van der Waals surface area contributed by atoms with Gasteiger partial charge in [-0.15, -0.1) is 0 Å². The molecular formula is C17H20. The van der Waals surface area contributed by atoms with Crippen LogP contribution in [0.1, 0.15) is 29.5 Å². The summed E-state index contributed by atoms with van der Waals surface area (Å²) >= 11 is 0. The molecule has 3 rings (SSSR count). The topological polar surface area (TPSA) is 0 Å². The predicted octanol–water partition coefficient (Wildman–Crippen LogP) is 4.56. The fourth-order valence-electron chi connectivity index (χ4n) is 2.21. The lowest BCUT2D eigenvalue weighted by molar-refractivity contribution is 0.685. The van der Waals surface area contributed by atoms with Gasteiger partial charge in [-0.25, -0.2) is 0 Å². The van der Waals surface area contributed by atoms with Gasteiger partial charge < -0.3 is 0 Å². The molecule has 0 fully saturated rings. The summed E-state index contributed by atoms with van der Waals surface area (Å²) in [5.74, 6) is 0. The number of benzene rings is 2. The van der Waals surface area contributed by atoms with Crippen molar-refractivity contribution in [3.8, 4) is 0 Å². The summed E-state index contributed by atoms with van der Waals surface area (Å²) in [6.45, 7) is 2.08. The molecule has 0 amide bonds. The Morgan fingerprint density at radius 1 is 0.647 bits per heavy atom. The van der Waals surface area contributed by atoms with Gasteiger partial charge in [0.25, 0.3) is 0 Å². The third-order valence-corrected chi connectivity index (χ3v) is 3.20. The van der Waals surface area contributed by atoms with Gasteiger partial charge in [0.2, 0.25) is 0 Å². The summed E-state index contributed by atoms with van der Waals surface area (Å²) in [7, 11) is 0. The molecule has 2 aromatic rings. The zero-order valence-electron chi connectivity index (χ0n) is 10.5. The fraction of sp³-hybridized carbons (Fsp3) is 0.294. The molecule has 0 radical (unpaired) electrons. The minimum Gasteiger partial charge on any atom is -0.0622 e. The Hall–Kier alpha value is -1.56. The molecular weight excluding hydrogens is 204 g/mol. The highest BCUT2D eigenvalue weighted by Crippen LogP contribution is 2.19. The predicted molar refractivity (Wildman–Crippen MR) is 74.3 cm³/mol. The Morgan fingerprint density at radius 2 is 1.12 bits per heavy atom. The van der Waals surface area contributed by atoms with Crippen LogP contribution in [-0.2, 0) is 12.8 Å². The van der Waals surface area contributed by atoms with Crippen LogP contribution in [0.5, 0.6) is 0 Å². The van der Waals surface area contributed by atoms with E-state index in [-0.39, 0.29) is 0 Å². The van der Waals surface area contributed by atoms with Crippen molar-refractivity contribution in [1.29, 1.82) is 0 Å². The monoisotopic (exact) mass is 224 g/mol. The molecule has 1 aliphatic carbocycles. The first-order valence-corrected chi connectivity index (χ1v) is 6.45. The van der Waals surface area contributed by atoms with Crippen molar-refractivity contribution in [1.82, 2.24) is 0 Å². The lowest BCUT2D eigenvalue weighted by atomic mass is 9.92. The van der Waals surface area contributed by atoms with Crippen LogP contribution in [-0.4, -0.2) is 0 Å². The highest BCUT2D eigenvalue weighted by Gasteiger charge is 2.05. The van der Waals surface area contributed by atoms with Crippen LogP contribution in [0.2, 0.25) is 0 Å². The second kappa shape index (κ2) is 6.24. The van der Waals surface area contributed by atoms with Gasteiger partial charge in [0.15, 0.2) is 0 Å². The summed E-state index contributed by atoms with van der Waals surface area (Å²) < 4.78 is 0. The van der Waals surface area contributed by atoms with Crippen molar-refractivity contribution >= 4 is 0 Å². The number of hydrogen-bond donors (Lipinski definition) is 0. The van der Waals surface area contributed by atoms with Crippen molar-refractivity contribution in [2.45, 2.75) is 32.6 Å². The van der Waals surface area contributed by atoms with E-state index in [1.165, 1.54) is 31.2 Å². The number of aryl methyl sites for hydroxylation is 3. The number of hydrogen-bond acceptors (Lipinski definition) is 0. The Morgan fingerprint density at radius 3 is 1.53 bits per heavy atom. The van der Waals surface area contributed by atoms with Crippen LogP contribution >= 0.6 is 0 Å². The molecule has 0 bridgehead atoms. The summed E-state index contributed by atoms with van der Waals surface area (Å²) in [5.41, 5.74) is 4.48. The zero-order chi connectivity index (χ0) is 11.9. The molecule has 0 spiro atoms. The normalized spacial score (nSPS) is 13.2. The lowest BCUT2D eigenvalue weighted by Gasteiger charge is -2.13.